The van der Waals surface area contributed by atoms with Gasteiger partial charge in [-0.2, -0.15) is 0 Å². The lowest BCUT2D eigenvalue weighted by Gasteiger charge is -2.30. The fourth-order valence-electron chi connectivity index (χ4n) is 4.26. The molecule has 9 heteroatoms. The molecule has 1 aromatic heterocycles. The van der Waals surface area contributed by atoms with Gasteiger partial charge in [-0.1, -0.05) is 30.3 Å². The summed E-state index contributed by atoms with van der Waals surface area (Å²) < 4.78 is 33.7. The maximum atomic E-state index is 15.0. The van der Waals surface area contributed by atoms with Gasteiger partial charge in [0.05, 0.1) is 19.3 Å². The van der Waals surface area contributed by atoms with Crippen LogP contribution in [0.1, 0.15) is 27.0 Å². The second kappa shape index (κ2) is 10.7. The van der Waals surface area contributed by atoms with Gasteiger partial charge in [0, 0.05) is 36.0 Å². The third-order valence-corrected chi connectivity index (χ3v) is 6.26. The van der Waals surface area contributed by atoms with E-state index in [1.165, 1.54) is 30.5 Å². The molecule has 1 aliphatic rings. The Labute approximate surface area is 218 Å². The lowest BCUT2D eigenvalue weighted by Crippen LogP contribution is -2.38. The van der Waals surface area contributed by atoms with Gasteiger partial charge in [0.1, 0.15) is 23.2 Å². The first-order valence-electron chi connectivity index (χ1n) is 11.9. The number of ether oxygens (including phenoxy) is 1. The van der Waals surface area contributed by atoms with Gasteiger partial charge >= 0.3 is 6.03 Å². The molecule has 0 fully saturated rings. The number of methoxy groups -OCH3 is 1. The van der Waals surface area contributed by atoms with Crippen LogP contribution in [0.15, 0.2) is 79.0 Å². The first-order chi connectivity index (χ1) is 18.4. The fourth-order valence-corrected chi connectivity index (χ4v) is 4.26. The van der Waals surface area contributed by atoms with Crippen LogP contribution in [-0.4, -0.2) is 28.8 Å². The normalized spacial score (nSPS) is 12.5. The molecule has 0 spiro atoms. The molecule has 2 amide bonds. The smallest absolute Gasteiger partial charge is 0.323 e. The van der Waals surface area contributed by atoms with E-state index in [1.54, 1.807) is 30.2 Å². The highest BCUT2D eigenvalue weighted by atomic mass is 19.1. The molecule has 0 bridgehead atoms. The predicted molar refractivity (Wildman–Crippen MR) is 140 cm³/mol. The van der Waals surface area contributed by atoms with Crippen LogP contribution in [0, 0.1) is 11.6 Å². The highest BCUT2D eigenvalue weighted by molar-refractivity contribution is 5.97. The molecule has 0 saturated heterocycles. The number of amides is 2. The number of aromatic nitrogens is 1. The van der Waals surface area contributed by atoms with Gasteiger partial charge in [-0.15, -0.1) is 0 Å². The molecule has 0 aliphatic carbocycles. The molecule has 3 aromatic carbocycles. The molecule has 0 unspecified atom stereocenters. The van der Waals surface area contributed by atoms with Gasteiger partial charge in [-0.05, 0) is 53.6 Å². The largest absolute Gasteiger partial charge is 0.497 e. The molecule has 5 rings (SSSR count). The summed E-state index contributed by atoms with van der Waals surface area (Å²) in [6, 6.07) is 18.8. The highest BCUT2D eigenvalue weighted by Crippen LogP contribution is 2.32. The summed E-state index contributed by atoms with van der Waals surface area (Å²) in [5, 5.41) is 5.89. The van der Waals surface area contributed by atoms with Crippen LogP contribution in [0.4, 0.5) is 30.8 Å². The van der Waals surface area contributed by atoms with Crippen LogP contribution in [0.25, 0.3) is 0 Å². The van der Waals surface area contributed by atoms with Crippen molar-refractivity contribution in [2.45, 2.75) is 19.5 Å². The van der Waals surface area contributed by atoms with E-state index >= 15 is 4.39 Å². The molecule has 38 heavy (non-hydrogen) atoms. The third-order valence-electron chi connectivity index (χ3n) is 6.26. The van der Waals surface area contributed by atoms with Crippen LogP contribution in [-0.2, 0) is 19.5 Å². The van der Waals surface area contributed by atoms with Gasteiger partial charge in [-0.3, -0.25) is 10.1 Å². The summed E-state index contributed by atoms with van der Waals surface area (Å²) in [6.07, 6.45) is 1.47. The molecule has 0 saturated carbocycles. The van der Waals surface area contributed by atoms with Crippen LogP contribution in [0.5, 0.6) is 5.75 Å². The minimum Gasteiger partial charge on any atom is -0.497 e. The average Bonchev–Trinajstić information content (AvgIpc) is 2.91. The molecule has 2 heterocycles. The molecular formula is C29H24F2N4O3. The van der Waals surface area contributed by atoms with Gasteiger partial charge in [0.25, 0.3) is 0 Å². The molecule has 7 nitrogen and oxygen atoms in total. The number of halogens is 2. The maximum absolute atomic E-state index is 15.0. The number of fused-ring (bicyclic) bond motifs is 1. The number of Topliss-reactive ketones (excluding diaryl/α,β-unsaturated/α-hetero) is 1. The molecule has 192 valence electrons. The topological polar surface area (TPSA) is 83.6 Å². The maximum Gasteiger partial charge on any atom is 0.323 e. The van der Waals surface area contributed by atoms with E-state index in [-0.39, 0.29) is 36.0 Å². The first-order valence-corrected chi connectivity index (χ1v) is 11.9. The third kappa shape index (κ3) is 5.46. The van der Waals surface area contributed by atoms with Crippen molar-refractivity contribution in [3.05, 3.63) is 113 Å². The summed E-state index contributed by atoms with van der Waals surface area (Å²) in [6.45, 7) is 0.636. The minimum atomic E-state index is -0.546. The number of urea groups is 1. The highest BCUT2D eigenvalue weighted by Gasteiger charge is 2.26. The Kier molecular flexibility index (Phi) is 6.99. The lowest BCUT2D eigenvalue weighted by atomic mass is 10.0. The van der Waals surface area contributed by atoms with Gasteiger partial charge in [0.15, 0.2) is 5.78 Å². The molecule has 4 aromatic rings. The molecule has 2 N–H and O–H groups in total. The van der Waals surface area contributed by atoms with Gasteiger partial charge in [-0.25, -0.2) is 18.6 Å². The zero-order valence-electron chi connectivity index (χ0n) is 20.5. The number of ketones is 1. The minimum absolute atomic E-state index is 0.0579. The van der Waals surface area contributed by atoms with Crippen molar-refractivity contribution in [3.63, 3.8) is 0 Å². The number of pyridine rings is 1. The Balaban J connectivity index is 1.32. The second-order valence-electron chi connectivity index (χ2n) is 8.87. The summed E-state index contributed by atoms with van der Waals surface area (Å²) in [5.74, 6) is -0.218. The van der Waals surface area contributed by atoms with Crippen molar-refractivity contribution >= 4 is 29.0 Å². The van der Waals surface area contributed by atoms with Gasteiger partial charge in [0.2, 0.25) is 0 Å². The van der Waals surface area contributed by atoms with E-state index in [2.05, 4.69) is 15.6 Å². The zero-order chi connectivity index (χ0) is 26.6. The monoisotopic (exact) mass is 514 g/mol. The van der Waals surface area contributed by atoms with E-state index in [1.807, 2.05) is 24.3 Å². The second-order valence-corrected chi connectivity index (χ2v) is 8.87. The van der Waals surface area contributed by atoms with Crippen LogP contribution in [0.2, 0.25) is 0 Å². The van der Waals surface area contributed by atoms with E-state index < -0.39 is 11.6 Å². The number of hydrogen-bond donors (Lipinski definition) is 2. The number of hydrogen-bond acceptors (Lipinski definition) is 5. The van der Waals surface area contributed by atoms with Crippen molar-refractivity contribution in [3.8, 4) is 5.75 Å². The van der Waals surface area contributed by atoms with Crippen molar-refractivity contribution in [1.82, 2.24) is 9.88 Å². The van der Waals surface area contributed by atoms with Gasteiger partial charge < -0.3 is 15.0 Å². The summed E-state index contributed by atoms with van der Waals surface area (Å²) in [5.41, 5.74) is 3.15. The van der Waals surface area contributed by atoms with Crippen molar-refractivity contribution in [1.29, 1.82) is 0 Å². The SMILES string of the molecule is COc1ccc(CN2Cc3c(Nc4ccc(CC(=O)c5cccc(F)c5)cc4F)ccnc3NC2=O)cc1. The van der Waals surface area contributed by atoms with Crippen LogP contribution >= 0.6 is 0 Å². The lowest BCUT2D eigenvalue weighted by molar-refractivity contribution is 0.0992. The number of rotatable bonds is 8. The van der Waals surface area contributed by atoms with E-state index in [0.29, 0.717) is 29.2 Å². The van der Waals surface area contributed by atoms with Crippen LogP contribution in [0.3, 0.4) is 0 Å². The summed E-state index contributed by atoms with van der Waals surface area (Å²) in [4.78, 5) is 31.1. The average molecular weight is 515 g/mol. The van der Waals surface area contributed by atoms with E-state index in [4.69, 9.17) is 4.74 Å². The summed E-state index contributed by atoms with van der Waals surface area (Å²) in [7, 11) is 1.59. The van der Waals surface area contributed by atoms with E-state index in [0.717, 1.165) is 17.4 Å². The number of carbonyl (C=O) groups is 2. The first kappa shape index (κ1) is 24.9. The Morgan fingerprint density at radius 3 is 2.55 bits per heavy atom. The Morgan fingerprint density at radius 1 is 1.03 bits per heavy atom. The van der Waals surface area contributed by atoms with Crippen molar-refractivity contribution in [2.75, 3.05) is 17.7 Å². The molecule has 0 atom stereocenters. The van der Waals surface area contributed by atoms with Crippen molar-refractivity contribution < 1.29 is 23.1 Å². The van der Waals surface area contributed by atoms with E-state index in [9.17, 15) is 14.0 Å². The number of benzene rings is 3. The Morgan fingerprint density at radius 2 is 1.82 bits per heavy atom. The fraction of sp³-hybridized carbons (Fsp3) is 0.138. The molecule has 0 radical (unpaired) electrons. The molecular weight excluding hydrogens is 490 g/mol. The van der Waals surface area contributed by atoms with Crippen LogP contribution < -0.4 is 15.4 Å². The quantitative estimate of drug-likeness (QED) is 0.278. The molecule has 1 aliphatic heterocycles. The number of anilines is 3. The summed E-state index contributed by atoms with van der Waals surface area (Å²) >= 11 is 0. The Hall–Kier alpha value is -4.79. The van der Waals surface area contributed by atoms with Crippen molar-refractivity contribution in [2.24, 2.45) is 0 Å². The zero-order valence-corrected chi connectivity index (χ0v) is 20.5. The Bertz CT molecular complexity index is 1510. The number of nitrogens with zero attached hydrogens (tertiary/aromatic N) is 2. The number of nitrogens with one attached hydrogen (secondary N) is 2. The number of carbonyl (C=O) groups excluding carboxylic acids is 2. The standard InChI is InChI=1S/C29H24F2N4O3/c1-38-22-8-5-18(6-9-22)16-35-17-23-25(11-12-32-28(23)34-29(35)37)33-26-10-7-19(13-24(26)31)14-27(36)20-3-2-4-21(30)15-20/h2-13,15H,14,16-17H2,1H3,(H2,32,33,34,37). The predicted octanol–water partition coefficient (Wildman–Crippen LogP) is 6.09.